The summed E-state index contributed by atoms with van der Waals surface area (Å²) in [4.78, 5) is 8.28. The van der Waals surface area contributed by atoms with Gasteiger partial charge in [0.05, 0.1) is 6.20 Å². The summed E-state index contributed by atoms with van der Waals surface area (Å²) in [5, 5.41) is 6.56. The van der Waals surface area contributed by atoms with Gasteiger partial charge in [0.1, 0.15) is 10.8 Å². The third-order valence-corrected chi connectivity index (χ3v) is 3.08. The number of rotatable bonds is 5. The van der Waals surface area contributed by atoms with Crippen LogP contribution in [0.5, 0.6) is 0 Å². The number of aromatic nitrogens is 2. The van der Waals surface area contributed by atoms with Crippen molar-refractivity contribution in [2.45, 2.75) is 19.4 Å². The molecule has 0 spiro atoms. The van der Waals surface area contributed by atoms with Crippen LogP contribution < -0.4 is 10.6 Å². The summed E-state index contributed by atoms with van der Waals surface area (Å²) >= 11 is 6.06. The molecule has 0 saturated heterocycles. The lowest BCUT2D eigenvalue weighted by molar-refractivity contribution is 0.626. The van der Waals surface area contributed by atoms with Gasteiger partial charge in [0.25, 0.3) is 0 Å². The molecule has 0 aliphatic heterocycles. The Morgan fingerprint density at radius 3 is 2.65 bits per heavy atom. The fraction of sp³-hybridized carbons (Fsp3) is 0.286. The number of hydrogen-bond acceptors (Lipinski definition) is 4. The second kappa shape index (κ2) is 6.52. The van der Waals surface area contributed by atoms with Crippen LogP contribution in [0.15, 0.2) is 30.5 Å². The molecule has 2 N–H and O–H groups in total. The van der Waals surface area contributed by atoms with Crippen LogP contribution in [0.25, 0.3) is 0 Å². The summed E-state index contributed by atoms with van der Waals surface area (Å²) in [6.45, 7) is 2.01. The highest BCUT2D eigenvalue weighted by molar-refractivity contribution is 6.32. The van der Waals surface area contributed by atoms with Gasteiger partial charge in [-0.2, -0.15) is 4.98 Å². The van der Waals surface area contributed by atoms with Gasteiger partial charge in [-0.3, -0.25) is 0 Å². The highest BCUT2D eigenvalue weighted by atomic mass is 35.5. The van der Waals surface area contributed by atoms with E-state index in [0.717, 1.165) is 12.0 Å². The maximum atomic E-state index is 12.9. The molecule has 0 aliphatic rings. The lowest BCUT2D eigenvalue weighted by Gasteiger charge is -2.16. The maximum Gasteiger partial charge on any atom is 0.224 e. The maximum absolute atomic E-state index is 12.9. The highest BCUT2D eigenvalue weighted by Crippen LogP contribution is 2.20. The predicted octanol–water partition coefficient (Wildman–Crippen LogP) is 3.35. The van der Waals surface area contributed by atoms with E-state index < -0.39 is 0 Å². The Morgan fingerprint density at radius 1 is 1.30 bits per heavy atom. The molecule has 2 rings (SSSR count). The summed E-state index contributed by atoms with van der Waals surface area (Å²) in [5.41, 5.74) is 1.05. The number of hydrogen-bond donors (Lipinski definition) is 2. The molecule has 1 atom stereocenters. The van der Waals surface area contributed by atoms with Crippen LogP contribution in [0, 0.1) is 5.82 Å². The lowest BCUT2D eigenvalue weighted by Crippen LogP contribution is -2.19. The Labute approximate surface area is 122 Å². The van der Waals surface area contributed by atoms with Crippen LogP contribution in [-0.4, -0.2) is 23.1 Å². The van der Waals surface area contributed by atoms with E-state index in [2.05, 4.69) is 20.6 Å². The van der Waals surface area contributed by atoms with Crippen molar-refractivity contribution in [2.75, 3.05) is 17.7 Å². The highest BCUT2D eigenvalue weighted by Gasteiger charge is 2.09. The molecule has 0 bridgehead atoms. The summed E-state index contributed by atoms with van der Waals surface area (Å²) in [7, 11) is 1.75. The van der Waals surface area contributed by atoms with Crippen molar-refractivity contribution >= 4 is 23.4 Å². The van der Waals surface area contributed by atoms with Crippen molar-refractivity contribution in [1.82, 2.24) is 9.97 Å². The first-order valence-corrected chi connectivity index (χ1v) is 6.67. The zero-order chi connectivity index (χ0) is 14.5. The molecule has 2 aromatic rings. The normalized spacial score (nSPS) is 12.0. The van der Waals surface area contributed by atoms with E-state index in [1.165, 1.54) is 12.1 Å². The number of anilines is 2. The molecule has 0 aliphatic carbocycles. The Hall–Kier alpha value is -1.88. The molecule has 0 saturated carbocycles. The van der Waals surface area contributed by atoms with Crippen LogP contribution in [0.3, 0.4) is 0 Å². The van der Waals surface area contributed by atoms with Crippen molar-refractivity contribution in [3.05, 3.63) is 46.9 Å². The van der Waals surface area contributed by atoms with Crippen LogP contribution in [0.1, 0.15) is 12.5 Å². The van der Waals surface area contributed by atoms with Gasteiger partial charge < -0.3 is 10.6 Å². The average molecular weight is 295 g/mol. The van der Waals surface area contributed by atoms with Crippen molar-refractivity contribution in [2.24, 2.45) is 0 Å². The van der Waals surface area contributed by atoms with Crippen molar-refractivity contribution in [3.63, 3.8) is 0 Å². The van der Waals surface area contributed by atoms with Crippen molar-refractivity contribution in [3.8, 4) is 0 Å². The first-order valence-electron chi connectivity index (χ1n) is 6.29. The standard InChI is InChI=1S/C14H16ClFN4/c1-9(7-10-3-5-11(16)6-4-10)19-13-12(15)8-18-14(17-2)20-13/h3-6,8-9H,7H2,1-2H3,(H2,17,18,19,20). The SMILES string of the molecule is CNc1ncc(Cl)c(NC(C)Cc2ccc(F)cc2)n1. The molecular formula is C14H16ClFN4. The fourth-order valence-corrected chi connectivity index (χ4v) is 1.99. The van der Waals surface area contributed by atoms with Gasteiger partial charge in [-0.05, 0) is 31.0 Å². The predicted molar refractivity (Wildman–Crippen MR) is 79.8 cm³/mol. The lowest BCUT2D eigenvalue weighted by atomic mass is 10.1. The first-order chi connectivity index (χ1) is 9.58. The average Bonchev–Trinajstić information content (AvgIpc) is 2.44. The van der Waals surface area contributed by atoms with E-state index >= 15 is 0 Å². The Balaban J connectivity index is 2.04. The molecule has 6 heteroatoms. The smallest absolute Gasteiger partial charge is 0.224 e. The Bertz CT molecular complexity index is 574. The molecule has 20 heavy (non-hydrogen) atoms. The molecule has 1 unspecified atom stereocenters. The third-order valence-electron chi connectivity index (χ3n) is 2.81. The van der Waals surface area contributed by atoms with Crippen LogP contribution in [0.4, 0.5) is 16.2 Å². The summed E-state index contributed by atoms with van der Waals surface area (Å²) < 4.78 is 12.9. The summed E-state index contributed by atoms with van der Waals surface area (Å²) in [6, 6.07) is 6.57. The quantitative estimate of drug-likeness (QED) is 0.888. The van der Waals surface area contributed by atoms with Crippen LogP contribution in [0.2, 0.25) is 5.02 Å². The minimum absolute atomic E-state index is 0.109. The first kappa shape index (κ1) is 14.5. The second-order valence-corrected chi connectivity index (χ2v) is 4.92. The minimum Gasteiger partial charge on any atom is -0.366 e. The largest absolute Gasteiger partial charge is 0.366 e. The van der Waals surface area contributed by atoms with E-state index in [-0.39, 0.29) is 11.9 Å². The topological polar surface area (TPSA) is 49.8 Å². The van der Waals surface area contributed by atoms with E-state index in [9.17, 15) is 4.39 Å². The van der Waals surface area contributed by atoms with Gasteiger partial charge in [0.2, 0.25) is 5.95 Å². The molecule has 1 aromatic carbocycles. The Kier molecular flexibility index (Phi) is 4.74. The Morgan fingerprint density at radius 2 is 2.00 bits per heavy atom. The van der Waals surface area contributed by atoms with E-state index in [0.29, 0.717) is 16.8 Å². The molecule has 0 radical (unpaired) electrons. The second-order valence-electron chi connectivity index (χ2n) is 4.52. The monoisotopic (exact) mass is 294 g/mol. The molecule has 1 aromatic heterocycles. The third kappa shape index (κ3) is 3.81. The van der Waals surface area contributed by atoms with Crippen molar-refractivity contribution < 1.29 is 4.39 Å². The summed E-state index contributed by atoms with van der Waals surface area (Å²) in [5.74, 6) is 0.860. The summed E-state index contributed by atoms with van der Waals surface area (Å²) in [6.07, 6.45) is 2.29. The molecular weight excluding hydrogens is 279 g/mol. The van der Waals surface area contributed by atoms with Gasteiger partial charge in [-0.15, -0.1) is 0 Å². The van der Waals surface area contributed by atoms with Crippen LogP contribution >= 0.6 is 11.6 Å². The van der Waals surface area contributed by atoms with Gasteiger partial charge in [-0.25, -0.2) is 9.37 Å². The van der Waals surface area contributed by atoms with Gasteiger partial charge in [0, 0.05) is 13.1 Å². The molecule has 0 amide bonds. The minimum atomic E-state index is -0.230. The van der Waals surface area contributed by atoms with E-state index in [1.54, 1.807) is 25.4 Å². The van der Waals surface area contributed by atoms with E-state index in [4.69, 9.17) is 11.6 Å². The molecule has 106 valence electrons. The number of nitrogens with one attached hydrogen (secondary N) is 2. The van der Waals surface area contributed by atoms with Gasteiger partial charge >= 0.3 is 0 Å². The number of halogens is 2. The zero-order valence-electron chi connectivity index (χ0n) is 11.3. The van der Waals surface area contributed by atoms with E-state index in [1.807, 2.05) is 6.92 Å². The van der Waals surface area contributed by atoms with Crippen molar-refractivity contribution in [1.29, 1.82) is 0 Å². The van der Waals surface area contributed by atoms with Gasteiger partial charge in [-0.1, -0.05) is 23.7 Å². The molecule has 4 nitrogen and oxygen atoms in total. The van der Waals surface area contributed by atoms with Gasteiger partial charge in [0.15, 0.2) is 5.82 Å². The number of nitrogens with zero attached hydrogens (tertiary/aromatic N) is 2. The number of benzene rings is 1. The molecule has 1 heterocycles. The molecule has 0 fully saturated rings. The fourth-order valence-electron chi connectivity index (χ4n) is 1.85. The van der Waals surface area contributed by atoms with Crippen LogP contribution in [-0.2, 0) is 6.42 Å². The zero-order valence-corrected chi connectivity index (χ0v) is 12.1.